The smallest absolute Gasteiger partial charge is 0.267 e. The third-order valence-electron chi connectivity index (χ3n) is 5.48. The van der Waals surface area contributed by atoms with Gasteiger partial charge in [-0.05, 0) is 55.8 Å². The Labute approximate surface area is 209 Å². The van der Waals surface area contributed by atoms with E-state index in [0.717, 1.165) is 22.5 Å². The minimum absolute atomic E-state index is 0.0137. The quantitative estimate of drug-likeness (QED) is 0.309. The number of ether oxygens (including phenoxy) is 1. The molecule has 1 aromatic heterocycles. The van der Waals surface area contributed by atoms with E-state index < -0.39 is 15.9 Å². The minimum Gasteiger partial charge on any atom is -0.494 e. The van der Waals surface area contributed by atoms with Crippen LogP contribution in [0.1, 0.15) is 22.2 Å². The van der Waals surface area contributed by atoms with Crippen molar-refractivity contribution in [2.24, 2.45) is 0 Å². The maximum atomic E-state index is 13.9. The first kappa shape index (κ1) is 24.5. The second kappa shape index (κ2) is 10.3. The van der Waals surface area contributed by atoms with Gasteiger partial charge in [0.15, 0.2) is 0 Å². The number of sulfonamides is 1. The third kappa shape index (κ3) is 5.23. The molecule has 1 N–H and O–H groups in total. The largest absolute Gasteiger partial charge is 0.494 e. The summed E-state index contributed by atoms with van der Waals surface area (Å²) in [4.78, 5) is 13.4. The van der Waals surface area contributed by atoms with Gasteiger partial charge in [0.2, 0.25) is 0 Å². The van der Waals surface area contributed by atoms with Gasteiger partial charge in [-0.3, -0.25) is 9.10 Å². The molecule has 0 fully saturated rings. The molecule has 1 amide bonds. The zero-order chi connectivity index (χ0) is 25.0. The highest BCUT2D eigenvalue weighted by molar-refractivity contribution is 7.93. The molecule has 0 spiro atoms. The first-order valence-corrected chi connectivity index (χ1v) is 13.4. The van der Waals surface area contributed by atoms with E-state index in [9.17, 15) is 13.2 Å². The molecule has 6 nitrogen and oxygen atoms in total. The van der Waals surface area contributed by atoms with E-state index in [4.69, 9.17) is 4.74 Å². The molecule has 0 atom stereocenters. The van der Waals surface area contributed by atoms with Gasteiger partial charge in [0.05, 0.1) is 12.3 Å². The van der Waals surface area contributed by atoms with Crippen LogP contribution in [0.25, 0.3) is 11.1 Å². The lowest BCUT2D eigenvalue weighted by molar-refractivity contribution is 0.102. The number of anilines is 2. The van der Waals surface area contributed by atoms with E-state index in [0.29, 0.717) is 29.3 Å². The summed E-state index contributed by atoms with van der Waals surface area (Å²) in [5, 5.41) is 4.54. The number of benzene rings is 3. The summed E-state index contributed by atoms with van der Waals surface area (Å²) >= 11 is 1.11. The van der Waals surface area contributed by atoms with Crippen molar-refractivity contribution in [1.82, 2.24) is 0 Å². The summed E-state index contributed by atoms with van der Waals surface area (Å²) < 4.78 is 34.5. The van der Waals surface area contributed by atoms with Crippen molar-refractivity contribution in [2.75, 3.05) is 23.3 Å². The molecule has 0 unspecified atom stereocenters. The number of hydrogen-bond acceptors (Lipinski definition) is 5. The lowest BCUT2D eigenvalue weighted by Crippen LogP contribution is -2.28. The van der Waals surface area contributed by atoms with Crippen LogP contribution in [0.5, 0.6) is 5.75 Å². The Morgan fingerprint density at radius 2 is 1.63 bits per heavy atom. The standard InChI is InChI=1S/C27H26N2O4S2/c1-4-33-23-16-12-21(13-17-23)28-27(30)25-26(24(18-34-25)20-8-6-5-7-9-20)35(31,32)29(3)22-14-10-19(2)11-15-22/h5-18H,4H2,1-3H3,(H,28,30). The zero-order valence-corrected chi connectivity index (χ0v) is 21.3. The summed E-state index contributed by atoms with van der Waals surface area (Å²) in [5.41, 5.74) is 3.30. The Kier molecular flexibility index (Phi) is 7.23. The lowest BCUT2D eigenvalue weighted by atomic mass is 10.1. The minimum atomic E-state index is -4.06. The first-order valence-electron chi connectivity index (χ1n) is 11.1. The molecule has 4 aromatic rings. The van der Waals surface area contributed by atoms with Crippen LogP contribution in [0.4, 0.5) is 11.4 Å². The van der Waals surface area contributed by atoms with Gasteiger partial charge in [-0.25, -0.2) is 8.42 Å². The Morgan fingerprint density at radius 3 is 2.26 bits per heavy atom. The molecule has 0 saturated carbocycles. The van der Waals surface area contributed by atoms with Crippen LogP contribution in [-0.4, -0.2) is 28.0 Å². The maximum absolute atomic E-state index is 13.9. The predicted molar refractivity (Wildman–Crippen MR) is 142 cm³/mol. The van der Waals surface area contributed by atoms with Crippen molar-refractivity contribution in [1.29, 1.82) is 0 Å². The summed E-state index contributed by atoms with van der Waals surface area (Å²) in [6.07, 6.45) is 0. The molecule has 3 aromatic carbocycles. The summed E-state index contributed by atoms with van der Waals surface area (Å²) in [7, 11) is -2.56. The van der Waals surface area contributed by atoms with Crippen LogP contribution >= 0.6 is 11.3 Å². The SMILES string of the molecule is CCOc1ccc(NC(=O)c2scc(-c3ccccc3)c2S(=O)(=O)N(C)c2ccc(C)cc2)cc1. The van der Waals surface area contributed by atoms with Gasteiger partial charge in [-0.15, -0.1) is 11.3 Å². The number of nitrogens with zero attached hydrogens (tertiary/aromatic N) is 1. The molecule has 1 heterocycles. The van der Waals surface area contributed by atoms with Gasteiger partial charge in [0.25, 0.3) is 15.9 Å². The fourth-order valence-electron chi connectivity index (χ4n) is 3.60. The summed E-state index contributed by atoms with van der Waals surface area (Å²) in [6, 6.07) is 23.4. The number of carbonyl (C=O) groups is 1. The molecule has 35 heavy (non-hydrogen) atoms. The second-order valence-electron chi connectivity index (χ2n) is 7.89. The highest BCUT2D eigenvalue weighted by Crippen LogP contribution is 2.38. The van der Waals surface area contributed by atoms with Gasteiger partial charge in [-0.2, -0.15) is 0 Å². The van der Waals surface area contributed by atoms with Crippen LogP contribution in [0.3, 0.4) is 0 Å². The van der Waals surface area contributed by atoms with Gasteiger partial charge in [0, 0.05) is 23.7 Å². The van der Waals surface area contributed by atoms with E-state index >= 15 is 0 Å². The predicted octanol–water partition coefficient (Wildman–Crippen LogP) is 6.20. The lowest BCUT2D eigenvalue weighted by Gasteiger charge is -2.21. The van der Waals surface area contributed by atoms with Gasteiger partial charge in [0.1, 0.15) is 15.5 Å². The van der Waals surface area contributed by atoms with E-state index in [1.54, 1.807) is 41.8 Å². The van der Waals surface area contributed by atoms with Crippen molar-refractivity contribution in [3.05, 3.63) is 94.7 Å². The monoisotopic (exact) mass is 506 g/mol. The fourth-order valence-corrected chi connectivity index (χ4v) is 6.45. The maximum Gasteiger partial charge on any atom is 0.267 e. The summed E-state index contributed by atoms with van der Waals surface area (Å²) in [6.45, 7) is 4.37. The van der Waals surface area contributed by atoms with Crippen LogP contribution < -0.4 is 14.4 Å². The van der Waals surface area contributed by atoms with E-state index in [1.165, 1.54) is 11.4 Å². The zero-order valence-electron chi connectivity index (χ0n) is 19.7. The Bertz CT molecular complexity index is 1410. The number of aryl methyl sites for hydroxylation is 1. The van der Waals surface area contributed by atoms with E-state index in [1.807, 2.05) is 56.3 Å². The molecule has 0 aliphatic heterocycles. The average molecular weight is 507 g/mol. The number of rotatable bonds is 8. The van der Waals surface area contributed by atoms with Crippen molar-refractivity contribution in [3.8, 4) is 16.9 Å². The van der Waals surface area contributed by atoms with Gasteiger partial charge in [-0.1, -0.05) is 48.0 Å². The van der Waals surface area contributed by atoms with Gasteiger partial charge < -0.3 is 10.1 Å². The van der Waals surface area contributed by atoms with Gasteiger partial charge >= 0.3 is 0 Å². The number of hydrogen-bond donors (Lipinski definition) is 1. The molecular weight excluding hydrogens is 480 g/mol. The number of thiophene rings is 1. The molecule has 180 valence electrons. The molecule has 0 bridgehead atoms. The van der Waals surface area contributed by atoms with Crippen molar-refractivity contribution >= 4 is 38.6 Å². The van der Waals surface area contributed by atoms with Crippen LogP contribution in [0.15, 0.2) is 89.1 Å². The first-order chi connectivity index (χ1) is 16.8. The number of nitrogens with one attached hydrogen (secondary N) is 1. The molecule has 0 aliphatic rings. The highest BCUT2D eigenvalue weighted by Gasteiger charge is 2.32. The Hall–Kier alpha value is -3.62. The fraction of sp³-hybridized carbons (Fsp3) is 0.148. The van der Waals surface area contributed by atoms with Crippen LogP contribution in [0.2, 0.25) is 0 Å². The van der Waals surface area contributed by atoms with Crippen molar-refractivity contribution in [3.63, 3.8) is 0 Å². The van der Waals surface area contributed by atoms with E-state index in [2.05, 4.69) is 5.32 Å². The highest BCUT2D eigenvalue weighted by atomic mass is 32.2. The molecule has 0 radical (unpaired) electrons. The summed E-state index contributed by atoms with van der Waals surface area (Å²) in [5.74, 6) is 0.202. The van der Waals surface area contributed by atoms with Crippen LogP contribution in [-0.2, 0) is 10.0 Å². The molecule has 4 rings (SSSR count). The number of carbonyl (C=O) groups excluding carboxylic acids is 1. The van der Waals surface area contributed by atoms with Crippen molar-refractivity contribution in [2.45, 2.75) is 18.7 Å². The van der Waals surface area contributed by atoms with E-state index in [-0.39, 0.29) is 9.77 Å². The second-order valence-corrected chi connectivity index (χ2v) is 10.7. The Balaban J connectivity index is 1.76. The third-order valence-corrected chi connectivity index (χ3v) is 8.46. The van der Waals surface area contributed by atoms with Crippen LogP contribution in [0, 0.1) is 6.92 Å². The molecular formula is C27H26N2O4S2. The normalized spacial score (nSPS) is 11.2. The molecule has 8 heteroatoms. The molecule has 0 aliphatic carbocycles. The topological polar surface area (TPSA) is 75.7 Å². The Morgan fingerprint density at radius 1 is 0.971 bits per heavy atom. The molecule has 0 saturated heterocycles. The number of amides is 1. The average Bonchev–Trinajstić information content (AvgIpc) is 3.32. The van der Waals surface area contributed by atoms with Crippen molar-refractivity contribution < 1.29 is 17.9 Å².